The van der Waals surface area contributed by atoms with Gasteiger partial charge in [-0.2, -0.15) is 0 Å². The van der Waals surface area contributed by atoms with Gasteiger partial charge in [0.2, 0.25) is 11.8 Å². The number of hydrogen-bond donors (Lipinski definition) is 1. The molecule has 0 radical (unpaired) electrons. The third kappa shape index (κ3) is 3.54. The van der Waals surface area contributed by atoms with Crippen molar-refractivity contribution in [3.8, 4) is 0 Å². The zero-order chi connectivity index (χ0) is 18.8. The number of rotatable bonds is 4. The predicted molar refractivity (Wildman–Crippen MR) is 106 cm³/mol. The van der Waals surface area contributed by atoms with Gasteiger partial charge in [-0.3, -0.25) is 19.6 Å². The van der Waals surface area contributed by atoms with Gasteiger partial charge in [-0.25, -0.2) is 0 Å². The monoisotopic (exact) mass is 363 g/mol. The van der Waals surface area contributed by atoms with Gasteiger partial charge in [0, 0.05) is 19.2 Å². The third-order valence-corrected chi connectivity index (χ3v) is 5.62. The number of anilines is 2. The van der Waals surface area contributed by atoms with Crippen LogP contribution in [0.3, 0.4) is 0 Å². The summed E-state index contributed by atoms with van der Waals surface area (Å²) in [5.74, 6) is -0.411. The van der Waals surface area contributed by atoms with Crippen LogP contribution in [0.25, 0.3) is 0 Å². The number of fused-ring (bicyclic) bond motifs is 1. The Balaban J connectivity index is 1.46. The first-order chi connectivity index (χ1) is 13.1. The number of nitrogens with zero attached hydrogens (tertiary/aromatic N) is 2. The molecule has 0 spiro atoms. The summed E-state index contributed by atoms with van der Waals surface area (Å²) >= 11 is 0. The first kappa shape index (κ1) is 17.6. The third-order valence-electron chi connectivity index (χ3n) is 5.62. The van der Waals surface area contributed by atoms with Crippen molar-refractivity contribution in [1.29, 1.82) is 0 Å². The molecule has 5 heteroatoms. The molecule has 2 aromatic carbocycles. The van der Waals surface area contributed by atoms with Crippen LogP contribution in [0.5, 0.6) is 0 Å². The molecule has 2 aliphatic rings. The molecular weight excluding hydrogens is 338 g/mol. The first-order valence-electron chi connectivity index (χ1n) is 9.64. The van der Waals surface area contributed by atoms with Crippen LogP contribution in [0.15, 0.2) is 48.5 Å². The minimum absolute atomic E-state index is 0.0170. The molecule has 1 aliphatic heterocycles. The van der Waals surface area contributed by atoms with Crippen LogP contribution in [-0.4, -0.2) is 30.4 Å². The topological polar surface area (TPSA) is 52.6 Å². The van der Waals surface area contributed by atoms with Crippen molar-refractivity contribution in [1.82, 2.24) is 5.01 Å². The van der Waals surface area contributed by atoms with Crippen molar-refractivity contribution in [3.63, 3.8) is 0 Å². The normalized spacial score (nSPS) is 18.9. The van der Waals surface area contributed by atoms with Crippen molar-refractivity contribution in [2.45, 2.75) is 32.1 Å². The second-order valence-electron chi connectivity index (χ2n) is 7.38. The van der Waals surface area contributed by atoms with Crippen LogP contribution in [0.1, 0.15) is 30.4 Å². The van der Waals surface area contributed by atoms with Crippen LogP contribution < -0.4 is 10.3 Å². The summed E-state index contributed by atoms with van der Waals surface area (Å²) in [6.07, 6.45) is 4.71. The lowest BCUT2D eigenvalue weighted by Crippen LogP contribution is -2.41. The van der Waals surface area contributed by atoms with Gasteiger partial charge < -0.3 is 5.32 Å². The highest BCUT2D eigenvalue weighted by Gasteiger charge is 2.37. The molecule has 27 heavy (non-hydrogen) atoms. The van der Waals surface area contributed by atoms with Crippen LogP contribution in [0, 0.1) is 5.92 Å². The maximum absolute atomic E-state index is 12.8. The summed E-state index contributed by atoms with van der Waals surface area (Å²) in [4.78, 5) is 25.3. The molecule has 1 aliphatic carbocycles. The van der Waals surface area contributed by atoms with Crippen molar-refractivity contribution in [2.24, 2.45) is 5.92 Å². The number of para-hydroxylation sites is 1. The van der Waals surface area contributed by atoms with Crippen molar-refractivity contribution in [3.05, 3.63) is 59.7 Å². The summed E-state index contributed by atoms with van der Waals surface area (Å²) in [6, 6.07) is 15.9. The van der Waals surface area contributed by atoms with E-state index in [1.54, 1.807) is 5.01 Å². The highest BCUT2D eigenvalue weighted by atomic mass is 16.2. The van der Waals surface area contributed by atoms with Crippen LogP contribution in [-0.2, 0) is 22.4 Å². The lowest BCUT2D eigenvalue weighted by Gasteiger charge is -2.30. The van der Waals surface area contributed by atoms with Crippen LogP contribution in [0.2, 0.25) is 0 Å². The molecule has 0 saturated carbocycles. The van der Waals surface area contributed by atoms with E-state index in [9.17, 15) is 9.59 Å². The van der Waals surface area contributed by atoms with Gasteiger partial charge in [0.05, 0.1) is 18.2 Å². The van der Waals surface area contributed by atoms with E-state index in [1.165, 1.54) is 17.5 Å². The Bertz CT molecular complexity index is 850. The molecular formula is C22H25N3O2. The second-order valence-corrected chi connectivity index (χ2v) is 7.38. The minimum Gasteiger partial charge on any atom is -0.326 e. The van der Waals surface area contributed by atoms with E-state index in [4.69, 9.17) is 0 Å². The number of carbonyl (C=O) groups is 2. The van der Waals surface area contributed by atoms with E-state index >= 15 is 0 Å². The highest BCUT2D eigenvalue weighted by Crippen LogP contribution is 2.29. The molecule has 5 nitrogen and oxygen atoms in total. The van der Waals surface area contributed by atoms with Crippen LogP contribution in [0.4, 0.5) is 11.4 Å². The summed E-state index contributed by atoms with van der Waals surface area (Å²) in [5.41, 5.74) is 4.45. The smallest absolute Gasteiger partial charge is 0.241 e. The summed E-state index contributed by atoms with van der Waals surface area (Å²) in [6.45, 7) is 0.408. The average Bonchev–Trinajstić information content (AvgIpc) is 3.10. The molecule has 1 heterocycles. The molecule has 1 fully saturated rings. The molecule has 1 atom stereocenters. The Hall–Kier alpha value is -2.82. The predicted octanol–water partition coefficient (Wildman–Crippen LogP) is 3.40. The minimum atomic E-state index is -0.330. The molecule has 2 amide bonds. The number of amides is 2. The molecule has 4 rings (SSSR count). The van der Waals surface area contributed by atoms with Crippen LogP contribution >= 0.6 is 0 Å². The number of carbonyl (C=O) groups excluding carboxylic acids is 2. The van der Waals surface area contributed by atoms with Crippen molar-refractivity contribution < 1.29 is 9.59 Å². The van der Waals surface area contributed by atoms with E-state index in [-0.39, 0.29) is 24.2 Å². The number of nitrogens with one attached hydrogen (secondary N) is 1. The average molecular weight is 363 g/mol. The SMILES string of the molecule is CN(c1ccccc1)N1CC(C(=O)Nc2cccc3c2CCCC3)CC1=O. The van der Waals surface area contributed by atoms with Gasteiger partial charge in [0.1, 0.15) is 0 Å². The van der Waals surface area contributed by atoms with E-state index in [0.717, 1.165) is 30.6 Å². The zero-order valence-electron chi connectivity index (χ0n) is 15.6. The highest BCUT2D eigenvalue weighted by molar-refractivity contribution is 5.98. The van der Waals surface area contributed by atoms with E-state index in [1.807, 2.05) is 54.5 Å². The Labute approximate surface area is 159 Å². The summed E-state index contributed by atoms with van der Waals surface area (Å²) in [5, 5.41) is 6.60. The fourth-order valence-electron chi connectivity index (χ4n) is 4.07. The molecule has 1 unspecified atom stereocenters. The molecule has 2 aromatic rings. The van der Waals surface area contributed by atoms with E-state index in [0.29, 0.717) is 6.54 Å². The number of aryl methyl sites for hydroxylation is 1. The maximum atomic E-state index is 12.8. The van der Waals surface area contributed by atoms with Gasteiger partial charge in [-0.05, 0) is 55.0 Å². The fourth-order valence-corrected chi connectivity index (χ4v) is 4.07. The molecule has 0 aromatic heterocycles. The van der Waals surface area contributed by atoms with Crippen molar-refractivity contribution >= 4 is 23.2 Å². The molecule has 1 N–H and O–H groups in total. The molecule has 1 saturated heterocycles. The second kappa shape index (κ2) is 7.43. The van der Waals surface area contributed by atoms with Gasteiger partial charge in [0.15, 0.2) is 0 Å². The number of hydrogen-bond acceptors (Lipinski definition) is 3. The standard InChI is InChI=1S/C22H25N3O2/c1-24(18-10-3-2-4-11-18)25-15-17(14-21(25)26)22(27)23-20-13-7-9-16-8-5-6-12-19(16)20/h2-4,7,9-11,13,17H,5-6,8,12,14-15H2,1H3,(H,23,27). The van der Waals surface area contributed by atoms with Gasteiger partial charge >= 0.3 is 0 Å². The Morgan fingerprint density at radius 3 is 2.67 bits per heavy atom. The Morgan fingerprint density at radius 1 is 1.07 bits per heavy atom. The van der Waals surface area contributed by atoms with E-state index in [2.05, 4.69) is 11.4 Å². The fraction of sp³-hybridized carbons (Fsp3) is 0.364. The number of benzene rings is 2. The number of hydrazine groups is 1. The first-order valence-corrected chi connectivity index (χ1v) is 9.64. The molecule has 140 valence electrons. The van der Waals surface area contributed by atoms with Gasteiger partial charge in [-0.15, -0.1) is 0 Å². The quantitative estimate of drug-likeness (QED) is 0.906. The Morgan fingerprint density at radius 2 is 1.85 bits per heavy atom. The van der Waals surface area contributed by atoms with E-state index < -0.39 is 0 Å². The lowest BCUT2D eigenvalue weighted by atomic mass is 9.90. The summed E-state index contributed by atoms with van der Waals surface area (Å²) in [7, 11) is 1.86. The van der Waals surface area contributed by atoms with Gasteiger partial charge in [0.25, 0.3) is 0 Å². The summed E-state index contributed by atoms with van der Waals surface area (Å²) < 4.78 is 0. The zero-order valence-corrected chi connectivity index (χ0v) is 15.6. The Kier molecular flexibility index (Phi) is 4.84. The van der Waals surface area contributed by atoms with Crippen molar-refractivity contribution in [2.75, 3.05) is 23.9 Å². The van der Waals surface area contributed by atoms with Gasteiger partial charge in [-0.1, -0.05) is 30.3 Å². The largest absolute Gasteiger partial charge is 0.326 e. The molecule has 0 bridgehead atoms. The maximum Gasteiger partial charge on any atom is 0.241 e. The lowest BCUT2D eigenvalue weighted by molar-refractivity contribution is -0.128.